The van der Waals surface area contributed by atoms with Crippen molar-refractivity contribution in [3.05, 3.63) is 59.8 Å². The summed E-state index contributed by atoms with van der Waals surface area (Å²) in [6.07, 6.45) is 5.08. The molecule has 0 spiro atoms. The molecule has 1 aliphatic rings. The Labute approximate surface area is 171 Å². The number of aromatic nitrogens is 2. The predicted octanol–water partition coefficient (Wildman–Crippen LogP) is 3.93. The maximum absolute atomic E-state index is 13.0. The van der Waals surface area contributed by atoms with Gasteiger partial charge >= 0.3 is 0 Å². The van der Waals surface area contributed by atoms with E-state index in [1.165, 1.54) is 6.42 Å². The Morgan fingerprint density at radius 3 is 2.69 bits per heavy atom. The number of hydrogen-bond donors (Lipinski definition) is 1. The van der Waals surface area contributed by atoms with E-state index in [2.05, 4.69) is 22.4 Å². The van der Waals surface area contributed by atoms with Gasteiger partial charge in [0.2, 0.25) is 0 Å². The van der Waals surface area contributed by atoms with E-state index >= 15 is 0 Å². The molecule has 6 nitrogen and oxygen atoms in total. The van der Waals surface area contributed by atoms with Crippen molar-refractivity contribution in [1.29, 1.82) is 0 Å². The molecule has 1 aromatic carbocycles. The minimum absolute atomic E-state index is 0.0638. The summed E-state index contributed by atoms with van der Waals surface area (Å²) >= 11 is 0. The number of piperidine rings is 1. The number of nitrogens with zero attached hydrogens (tertiary/aromatic N) is 4. The molecule has 0 saturated carbocycles. The number of fused-ring (bicyclic) bond motifs is 1. The average molecular weight is 390 g/mol. The van der Waals surface area contributed by atoms with Gasteiger partial charge in [0, 0.05) is 45.3 Å². The fourth-order valence-electron chi connectivity index (χ4n) is 3.77. The smallest absolute Gasteiger partial charge is 0.257 e. The number of carbonyl (C=O) groups is 1. The van der Waals surface area contributed by atoms with Crippen LogP contribution in [-0.2, 0) is 6.54 Å². The van der Waals surface area contributed by atoms with Crippen LogP contribution in [0.15, 0.2) is 48.7 Å². The van der Waals surface area contributed by atoms with Gasteiger partial charge in [-0.05, 0) is 49.1 Å². The zero-order valence-corrected chi connectivity index (χ0v) is 17.1. The third-order valence-corrected chi connectivity index (χ3v) is 5.37. The van der Waals surface area contributed by atoms with Gasteiger partial charge in [-0.3, -0.25) is 4.79 Å². The van der Waals surface area contributed by atoms with Gasteiger partial charge in [0.15, 0.2) is 0 Å². The van der Waals surface area contributed by atoms with Crippen molar-refractivity contribution < 1.29 is 4.79 Å². The Hall–Kier alpha value is -3.15. The van der Waals surface area contributed by atoms with Gasteiger partial charge in [0.1, 0.15) is 11.6 Å². The summed E-state index contributed by atoms with van der Waals surface area (Å²) in [5, 5.41) is 4.51. The average Bonchev–Trinajstić information content (AvgIpc) is 2.77. The largest absolute Gasteiger partial charge is 0.365 e. The van der Waals surface area contributed by atoms with E-state index in [9.17, 15) is 4.79 Å². The first-order valence-electron chi connectivity index (χ1n) is 10.2. The fraction of sp³-hybridized carbons (Fsp3) is 0.348. The maximum atomic E-state index is 13.0. The van der Waals surface area contributed by atoms with Gasteiger partial charge in [-0.1, -0.05) is 18.2 Å². The molecule has 0 bridgehead atoms. The zero-order chi connectivity index (χ0) is 20.2. The molecule has 1 amide bonds. The normalized spacial score (nSPS) is 14.1. The first-order chi connectivity index (χ1) is 14.1. The first-order valence-corrected chi connectivity index (χ1v) is 10.2. The standard InChI is InChI=1S/C23H27N5O/c1-27(2)21-15-17(18-9-4-5-11-20(18)26-21)16-25-22-19(10-8-12-24-22)23(29)28-13-6-3-7-14-28/h4-5,8-12,15H,3,6-7,13-14,16H2,1-2H3,(H,24,25). The number of rotatable bonds is 5. The van der Waals surface area contributed by atoms with Gasteiger partial charge in [0.25, 0.3) is 5.91 Å². The monoisotopic (exact) mass is 389 g/mol. The fourth-order valence-corrected chi connectivity index (χ4v) is 3.77. The molecule has 3 heterocycles. The second kappa shape index (κ2) is 8.47. The number of carbonyl (C=O) groups excluding carboxylic acids is 1. The van der Waals surface area contributed by atoms with Gasteiger partial charge < -0.3 is 15.1 Å². The van der Waals surface area contributed by atoms with Crippen molar-refractivity contribution in [3.63, 3.8) is 0 Å². The summed E-state index contributed by atoms with van der Waals surface area (Å²) in [6, 6.07) is 13.9. The summed E-state index contributed by atoms with van der Waals surface area (Å²) in [5.74, 6) is 1.61. The van der Waals surface area contributed by atoms with Gasteiger partial charge in [-0.25, -0.2) is 9.97 Å². The highest BCUT2D eigenvalue weighted by Gasteiger charge is 2.21. The maximum Gasteiger partial charge on any atom is 0.257 e. The van der Waals surface area contributed by atoms with E-state index in [1.54, 1.807) is 6.20 Å². The van der Waals surface area contributed by atoms with Crippen molar-refractivity contribution in [2.45, 2.75) is 25.8 Å². The summed E-state index contributed by atoms with van der Waals surface area (Å²) < 4.78 is 0. The highest BCUT2D eigenvalue weighted by atomic mass is 16.2. The number of pyridine rings is 2. The van der Waals surface area contributed by atoms with Crippen molar-refractivity contribution in [2.24, 2.45) is 0 Å². The van der Waals surface area contributed by atoms with E-state index in [0.717, 1.165) is 48.2 Å². The predicted molar refractivity (Wildman–Crippen MR) is 117 cm³/mol. The van der Waals surface area contributed by atoms with E-state index in [1.807, 2.05) is 54.2 Å². The number of amides is 1. The lowest BCUT2D eigenvalue weighted by molar-refractivity contribution is 0.0725. The quantitative estimate of drug-likeness (QED) is 0.716. The summed E-state index contributed by atoms with van der Waals surface area (Å²) in [5.41, 5.74) is 2.73. The van der Waals surface area contributed by atoms with Crippen LogP contribution >= 0.6 is 0 Å². The Kier molecular flexibility index (Phi) is 5.60. The molecule has 29 heavy (non-hydrogen) atoms. The molecule has 4 rings (SSSR count). The molecule has 3 aromatic rings. The number of benzene rings is 1. The van der Waals surface area contributed by atoms with E-state index in [4.69, 9.17) is 4.98 Å². The molecule has 0 aliphatic carbocycles. The lowest BCUT2D eigenvalue weighted by Crippen LogP contribution is -2.36. The van der Waals surface area contributed by atoms with Crippen LogP contribution in [0.25, 0.3) is 10.9 Å². The van der Waals surface area contributed by atoms with Gasteiger partial charge in [-0.2, -0.15) is 0 Å². The number of hydrogen-bond acceptors (Lipinski definition) is 5. The zero-order valence-electron chi connectivity index (χ0n) is 17.1. The highest BCUT2D eigenvalue weighted by Crippen LogP contribution is 2.24. The Morgan fingerprint density at radius 1 is 1.10 bits per heavy atom. The summed E-state index contributed by atoms with van der Waals surface area (Å²) in [6.45, 7) is 2.23. The lowest BCUT2D eigenvalue weighted by Gasteiger charge is -2.27. The molecular weight excluding hydrogens is 362 g/mol. The molecule has 2 aromatic heterocycles. The van der Waals surface area contributed by atoms with Crippen LogP contribution in [0.1, 0.15) is 35.2 Å². The van der Waals surface area contributed by atoms with Crippen molar-refractivity contribution in [3.8, 4) is 0 Å². The number of para-hydroxylation sites is 1. The third kappa shape index (κ3) is 4.16. The number of anilines is 2. The molecule has 1 saturated heterocycles. The molecular formula is C23H27N5O. The Morgan fingerprint density at radius 2 is 1.90 bits per heavy atom. The molecule has 6 heteroatoms. The van der Waals surface area contributed by atoms with Crippen LogP contribution in [0.2, 0.25) is 0 Å². The molecule has 1 fully saturated rings. The van der Waals surface area contributed by atoms with Crippen LogP contribution in [0.4, 0.5) is 11.6 Å². The minimum atomic E-state index is 0.0638. The second-order valence-corrected chi connectivity index (χ2v) is 7.66. The van der Waals surface area contributed by atoms with Gasteiger partial charge in [0.05, 0.1) is 11.1 Å². The van der Waals surface area contributed by atoms with Crippen LogP contribution in [0.3, 0.4) is 0 Å². The Balaban J connectivity index is 1.61. The number of likely N-dealkylation sites (tertiary alicyclic amines) is 1. The highest BCUT2D eigenvalue weighted by molar-refractivity contribution is 5.98. The molecule has 0 unspecified atom stereocenters. The first kappa shape index (κ1) is 19.2. The lowest BCUT2D eigenvalue weighted by atomic mass is 10.1. The van der Waals surface area contributed by atoms with Crippen LogP contribution in [-0.4, -0.2) is 48.0 Å². The van der Waals surface area contributed by atoms with Crippen molar-refractivity contribution in [2.75, 3.05) is 37.4 Å². The van der Waals surface area contributed by atoms with E-state index in [0.29, 0.717) is 17.9 Å². The molecule has 1 N–H and O–H groups in total. The van der Waals surface area contributed by atoms with Crippen LogP contribution in [0.5, 0.6) is 0 Å². The SMILES string of the molecule is CN(C)c1cc(CNc2ncccc2C(=O)N2CCCCC2)c2ccccc2n1. The third-order valence-electron chi connectivity index (χ3n) is 5.37. The summed E-state index contributed by atoms with van der Waals surface area (Å²) in [4.78, 5) is 26.1. The molecule has 0 radical (unpaired) electrons. The Bertz CT molecular complexity index is 1010. The molecule has 0 atom stereocenters. The topological polar surface area (TPSA) is 61.4 Å². The van der Waals surface area contributed by atoms with E-state index in [-0.39, 0.29) is 5.91 Å². The van der Waals surface area contributed by atoms with Crippen molar-refractivity contribution >= 4 is 28.4 Å². The van der Waals surface area contributed by atoms with E-state index < -0.39 is 0 Å². The van der Waals surface area contributed by atoms with Crippen LogP contribution < -0.4 is 10.2 Å². The minimum Gasteiger partial charge on any atom is -0.365 e. The second-order valence-electron chi connectivity index (χ2n) is 7.66. The number of nitrogens with one attached hydrogen (secondary N) is 1. The van der Waals surface area contributed by atoms with Gasteiger partial charge in [-0.15, -0.1) is 0 Å². The molecule has 1 aliphatic heterocycles. The summed E-state index contributed by atoms with van der Waals surface area (Å²) in [7, 11) is 3.98. The van der Waals surface area contributed by atoms with Crippen molar-refractivity contribution in [1.82, 2.24) is 14.9 Å². The van der Waals surface area contributed by atoms with Crippen LogP contribution in [0, 0.1) is 0 Å². The molecule has 150 valence electrons.